The van der Waals surface area contributed by atoms with E-state index in [9.17, 15) is 59.2 Å². The summed E-state index contributed by atoms with van der Waals surface area (Å²) in [5.74, 6) is -3.64. The van der Waals surface area contributed by atoms with Gasteiger partial charge < -0.3 is 40.6 Å². The van der Waals surface area contributed by atoms with Gasteiger partial charge in [-0.25, -0.2) is 9.59 Å². The number of nitrogens with zero attached hydrogens (tertiary/aromatic N) is 3. The Morgan fingerprint density at radius 1 is 0.933 bits per heavy atom. The van der Waals surface area contributed by atoms with E-state index in [0.29, 0.717) is 16.5 Å². The van der Waals surface area contributed by atoms with Crippen LogP contribution in [-0.4, -0.2) is 110 Å². The van der Waals surface area contributed by atoms with E-state index < -0.39 is 68.5 Å². The van der Waals surface area contributed by atoms with Crippen LogP contribution in [0.5, 0.6) is 5.75 Å². The minimum atomic E-state index is -1.31. The maximum Gasteiger partial charge on any atom is 0.352 e. The highest BCUT2D eigenvalue weighted by atomic mass is 32.2. The van der Waals surface area contributed by atoms with Crippen LogP contribution in [0.15, 0.2) is 92.1 Å². The molecule has 2 aliphatic heterocycles. The number of carbonyl (C=O) groups is 5. The van der Waals surface area contributed by atoms with Crippen molar-refractivity contribution in [1.29, 1.82) is 0 Å². The number of non-ortho nitro benzene ring substituents is 1. The Balaban J connectivity index is 0.926. The number of nitro groups is 2. The van der Waals surface area contributed by atoms with E-state index in [0.717, 1.165) is 21.9 Å². The predicted octanol–water partition coefficient (Wildman–Crippen LogP) is 2.43. The third-order valence-electron chi connectivity index (χ3n) is 8.95. The third-order valence-corrected chi connectivity index (χ3v) is 11.4. The minimum absolute atomic E-state index is 0.0647. The summed E-state index contributed by atoms with van der Waals surface area (Å²) in [5.41, 5.74) is -1.39. The summed E-state index contributed by atoms with van der Waals surface area (Å²) in [7, 11) is 0. The molecule has 0 aliphatic carbocycles. The quantitative estimate of drug-likeness (QED) is 0.0209. The molecule has 0 unspecified atom stereocenters. The van der Waals surface area contributed by atoms with Crippen molar-refractivity contribution in [3.8, 4) is 5.75 Å². The van der Waals surface area contributed by atoms with Crippen LogP contribution >= 0.6 is 23.5 Å². The lowest BCUT2D eigenvalue weighted by Crippen LogP contribution is -2.71. The van der Waals surface area contributed by atoms with Gasteiger partial charge >= 0.3 is 11.6 Å². The van der Waals surface area contributed by atoms with Crippen molar-refractivity contribution in [2.45, 2.75) is 16.3 Å². The maximum atomic E-state index is 13.1. The molecular formula is C37H33N7O14S2. The van der Waals surface area contributed by atoms with Crippen molar-refractivity contribution in [2.24, 2.45) is 0 Å². The molecule has 6 N–H and O–H groups in total. The second-order valence-corrected chi connectivity index (χ2v) is 15.0. The van der Waals surface area contributed by atoms with Crippen molar-refractivity contribution in [1.82, 2.24) is 20.9 Å². The fraction of sp³-hybridized carbons (Fsp3) is 0.243. The fourth-order valence-electron chi connectivity index (χ4n) is 6.04. The number of hydrogen-bond donors (Lipinski definition) is 6. The zero-order valence-electron chi connectivity index (χ0n) is 30.9. The molecule has 4 aromatic rings. The fourth-order valence-corrected chi connectivity index (χ4v) is 8.42. The average molecular weight is 864 g/mol. The minimum Gasteiger partial charge on any atom is -0.508 e. The van der Waals surface area contributed by atoms with Gasteiger partial charge in [0.2, 0.25) is 5.91 Å². The molecule has 4 amide bonds. The Labute approximate surface area is 345 Å². The third kappa shape index (κ3) is 9.82. The Kier molecular flexibility index (Phi) is 13.3. The summed E-state index contributed by atoms with van der Waals surface area (Å²) >= 11 is 2.57. The van der Waals surface area contributed by atoms with Crippen LogP contribution in [0.4, 0.5) is 17.1 Å². The highest BCUT2D eigenvalue weighted by Gasteiger charge is 2.54. The van der Waals surface area contributed by atoms with Gasteiger partial charge in [0.1, 0.15) is 39.7 Å². The van der Waals surface area contributed by atoms with E-state index >= 15 is 0 Å². The predicted molar refractivity (Wildman–Crippen MR) is 215 cm³/mol. The first-order chi connectivity index (χ1) is 28.7. The Morgan fingerprint density at radius 3 is 2.40 bits per heavy atom. The molecule has 0 saturated carbocycles. The van der Waals surface area contributed by atoms with E-state index in [1.54, 1.807) is 24.3 Å². The monoisotopic (exact) mass is 863 g/mol. The molecule has 6 rings (SSSR count). The first-order valence-corrected chi connectivity index (χ1v) is 19.7. The number of ether oxygens (including phenoxy) is 1. The van der Waals surface area contributed by atoms with Crippen LogP contribution < -0.4 is 26.9 Å². The molecule has 3 heterocycles. The number of benzene rings is 3. The van der Waals surface area contributed by atoms with Crippen LogP contribution in [0.3, 0.4) is 0 Å². The summed E-state index contributed by atoms with van der Waals surface area (Å²) in [5, 5.41) is 51.8. The van der Waals surface area contributed by atoms with E-state index in [1.165, 1.54) is 53.9 Å². The molecular weight excluding hydrogens is 831 g/mol. The van der Waals surface area contributed by atoms with Gasteiger partial charge in [-0.3, -0.25) is 44.3 Å². The normalized spacial score (nSPS) is 15.7. The van der Waals surface area contributed by atoms with Crippen LogP contribution in [0.1, 0.15) is 20.7 Å². The number of carboxylic acid groups (broad SMARTS) is 1. The lowest BCUT2D eigenvalue weighted by molar-refractivity contribution is -0.393. The SMILES string of the molecule is O=C(CNC(=O)c1cc2ccc(O)cc2oc1=O)N[C@@H]1C(=O)N2C(C(=O)O)=C(CSc3ccc(C(=O)NCCOCCNc4ccc([N+](=O)[O-])cc4[N+](=O)[O-])cc3)CS[C@H]12. The summed E-state index contributed by atoms with van der Waals surface area (Å²) in [4.78, 5) is 98.3. The van der Waals surface area contributed by atoms with Gasteiger partial charge in [0.15, 0.2) is 0 Å². The molecule has 2 atom stereocenters. The molecule has 0 bridgehead atoms. The number of thioether (sulfide) groups is 2. The first-order valence-electron chi connectivity index (χ1n) is 17.7. The Morgan fingerprint density at radius 2 is 1.68 bits per heavy atom. The average Bonchev–Trinajstić information content (AvgIpc) is 3.22. The van der Waals surface area contributed by atoms with Crippen LogP contribution in [0.2, 0.25) is 0 Å². The number of hydrogen-bond acceptors (Lipinski definition) is 16. The highest BCUT2D eigenvalue weighted by Crippen LogP contribution is 2.41. The lowest BCUT2D eigenvalue weighted by atomic mass is 10.0. The summed E-state index contributed by atoms with van der Waals surface area (Å²) < 4.78 is 10.5. The van der Waals surface area contributed by atoms with Gasteiger partial charge in [-0.1, -0.05) is 0 Å². The Bertz CT molecular complexity index is 2490. The molecule has 312 valence electrons. The van der Waals surface area contributed by atoms with Crippen molar-refractivity contribution < 1.29 is 53.2 Å². The largest absolute Gasteiger partial charge is 0.508 e. The molecule has 21 nitrogen and oxygen atoms in total. The van der Waals surface area contributed by atoms with Crippen molar-refractivity contribution >= 4 is 81.2 Å². The number of aliphatic carboxylic acids is 1. The zero-order valence-corrected chi connectivity index (χ0v) is 32.5. The van der Waals surface area contributed by atoms with Gasteiger partial charge in [-0.05, 0) is 54.1 Å². The van der Waals surface area contributed by atoms with Crippen LogP contribution in [0, 0.1) is 20.2 Å². The van der Waals surface area contributed by atoms with Gasteiger partial charge in [-0.15, -0.1) is 23.5 Å². The molecule has 60 heavy (non-hydrogen) atoms. The van der Waals surface area contributed by atoms with E-state index in [2.05, 4.69) is 21.3 Å². The lowest BCUT2D eigenvalue weighted by Gasteiger charge is -2.49. The van der Waals surface area contributed by atoms with E-state index in [-0.39, 0.29) is 72.0 Å². The topological polar surface area (TPSA) is 303 Å². The van der Waals surface area contributed by atoms with Gasteiger partial charge in [0, 0.05) is 52.6 Å². The number of anilines is 1. The van der Waals surface area contributed by atoms with Crippen molar-refractivity contribution in [3.05, 3.63) is 120 Å². The van der Waals surface area contributed by atoms with Crippen molar-refractivity contribution in [2.75, 3.05) is 49.7 Å². The van der Waals surface area contributed by atoms with E-state index in [1.807, 2.05) is 0 Å². The standard InChI is InChI=1S/C37H33N7O14S2/c45-23-5-1-20-13-25(37(52)58-28(20)15-23)33(48)40-16-29(46)41-30-34(49)42-31(36(50)51)21(18-60-35(30)42)17-59-24-6-2-19(3-7-24)32(47)39-10-12-57-11-9-38-26-8-4-22(43(53)54)14-27(26)44(55)56/h1-8,13-15,30,35,38,45H,9-12,16-18H2,(H,39,47)(H,40,48)(H,41,46)(H,50,51)/t30-,35-/m1/s1. The smallest absolute Gasteiger partial charge is 0.352 e. The number of aromatic hydroxyl groups is 1. The zero-order chi connectivity index (χ0) is 43.1. The Hall–Kier alpha value is -6.98. The number of carboxylic acids is 1. The van der Waals surface area contributed by atoms with Crippen LogP contribution in [0.25, 0.3) is 11.0 Å². The molecule has 0 radical (unpaired) electrons. The second kappa shape index (κ2) is 18.7. The van der Waals surface area contributed by atoms with E-state index in [4.69, 9.17) is 9.15 Å². The summed E-state index contributed by atoms with van der Waals surface area (Å²) in [6.07, 6.45) is 0. The number of phenolic OH excluding ortho intramolecular Hbond substituents is 1. The number of rotatable bonds is 18. The van der Waals surface area contributed by atoms with Crippen molar-refractivity contribution in [3.63, 3.8) is 0 Å². The number of nitro benzene ring substituents is 2. The second-order valence-electron chi connectivity index (χ2n) is 12.9. The molecule has 1 fully saturated rings. The number of phenols is 1. The summed E-state index contributed by atoms with van der Waals surface area (Å²) in [6.45, 7) is 0.00486. The number of fused-ring (bicyclic) bond motifs is 2. The first kappa shape index (κ1) is 42.6. The van der Waals surface area contributed by atoms with Gasteiger partial charge in [-0.2, -0.15) is 0 Å². The number of nitrogens with one attached hydrogen (secondary N) is 4. The number of amides is 4. The molecule has 1 saturated heterocycles. The number of carbonyl (C=O) groups excluding carboxylic acids is 4. The van der Waals surface area contributed by atoms with Gasteiger partial charge in [0.05, 0.1) is 35.7 Å². The maximum absolute atomic E-state index is 13.1. The molecule has 1 aromatic heterocycles. The highest BCUT2D eigenvalue weighted by molar-refractivity contribution is 8.01. The molecule has 23 heteroatoms. The molecule has 0 spiro atoms. The summed E-state index contributed by atoms with van der Waals surface area (Å²) in [6, 6.07) is 14.0. The van der Waals surface area contributed by atoms with Crippen LogP contribution in [-0.2, 0) is 19.1 Å². The van der Waals surface area contributed by atoms with Gasteiger partial charge in [0.25, 0.3) is 29.1 Å². The molecule has 2 aliphatic rings. The number of β-lactam (4-membered cyclic amide) rings is 1. The molecule has 3 aromatic carbocycles.